The molecule has 9 fully saturated rings. The van der Waals surface area contributed by atoms with Gasteiger partial charge in [0.1, 0.15) is 189 Å². The lowest BCUT2D eigenvalue weighted by molar-refractivity contribution is -0.409. The molecule has 0 unspecified atom stereocenters. The number of ether oxygens (including phenoxy) is 20. The van der Waals surface area contributed by atoms with Crippen molar-refractivity contribution in [3.63, 3.8) is 0 Å². The SMILES string of the molecule is COC[C@H]1O[C@H](O[C@H]2O[C@H](CO)[C@@H](O)[C@H](O)[C@H]2O)[C@H](O)[C@@H](O[C@@H]2O[C@@H](C)[C@H](O)[C@@H](O[C@@H]3O[C@H](CO)[C@@H](O)[C@H](O[C@@H]4O[C@H](CO)[C@@H](O)[C@H](O[C@@H]5O[C@@H](C)[C@H](O)[C@@H](O[C@@H]6O[C@@H](C)[C@H](O)[C@@H](OC)[C@H]6O[C@@H]6O[C@@H](C)[C@H](OC)[C@@H](O)[C@H]6O)[C@H]5O[C@H]5O[C@H](CO)[C@@H](O)[C@@H]5O)[C@H]4O)[C@H]3O)[C@H]2O)[C@@H]1O. The highest BCUT2D eigenvalue weighted by Gasteiger charge is 2.61. The summed E-state index contributed by atoms with van der Waals surface area (Å²) in [6, 6.07) is 0. The van der Waals surface area contributed by atoms with Gasteiger partial charge in [0.05, 0.1) is 57.5 Å². The molecule has 0 aromatic carbocycles. The molecular weight excluding hydrogens is 1330 g/mol. The lowest BCUT2D eigenvalue weighted by atomic mass is 9.95. The van der Waals surface area contributed by atoms with E-state index in [9.17, 15) is 107 Å². The summed E-state index contributed by atoms with van der Waals surface area (Å²) in [5.41, 5.74) is 0. The third kappa shape index (κ3) is 16.4. The van der Waals surface area contributed by atoms with Gasteiger partial charge in [0.15, 0.2) is 56.6 Å². The Kier molecular flexibility index (Phi) is 27.9. The van der Waals surface area contributed by atoms with Gasteiger partial charge in [-0.3, -0.25) is 0 Å². The zero-order valence-electron chi connectivity index (χ0n) is 53.5. The molecule has 0 radical (unpaired) electrons. The van der Waals surface area contributed by atoms with Crippen LogP contribution in [-0.2, 0) is 94.7 Å². The number of aliphatic hydroxyl groups excluding tert-OH is 21. The van der Waals surface area contributed by atoms with E-state index in [4.69, 9.17) is 94.7 Å². The van der Waals surface area contributed by atoms with Crippen molar-refractivity contribution >= 4 is 0 Å². The van der Waals surface area contributed by atoms with Crippen LogP contribution < -0.4 is 0 Å². The van der Waals surface area contributed by atoms with Crippen LogP contribution in [0.4, 0.5) is 0 Å². The number of hydrogen-bond donors (Lipinski definition) is 21. The lowest BCUT2D eigenvalue weighted by Crippen LogP contribution is -2.69. The van der Waals surface area contributed by atoms with Crippen LogP contribution in [0.25, 0.3) is 0 Å². The summed E-state index contributed by atoms with van der Waals surface area (Å²) >= 11 is 0. The normalized spacial score (nSPS) is 54.1. The Morgan fingerprint density at radius 3 is 0.928 bits per heavy atom. The van der Waals surface area contributed by atoms with Gasteiger partial charge in [-0.05, 0) is 27.7 Å². The summed E-state index contributed by atoms with van der Waals surface area (Å²) < 4.78 is 117. The quantitative estimate of drug-likeness (QED) is 0.0427. The number of rotatable bonds is 24. The molecule has 21 N–H and O–H groups in total. The molecule has 41 heteroatoms. The van der Waals surface area contributed by atoms with Gasteiger partial charge in [0, 0.05) is 21.3 Å². The molecule has 0 amide bonds. The van der Waals surface area contributed by atoms with E-state index >= 15 is 0 Å². The number of methoxy groups -OCH3 is 3. The second kappa shape index (κ2) is 34.1. The Labute approximate surface area is 553 Å². The first-order valence-corrected chi connectivity index (χ1v) is 31.7. The zero-order valence-corrected chi connectivity index (χ0v) is 53.5. The maximum Gasteiger partial charge on any atom is 0.189 e. The first-order valence-electron chi connectivity index (χ1n) is 31.7. The minimum absolute atomic E-state index is 0.410. The van der Waals surface area contributed by atoms with E-state index in [1.807, 2.05) is 0 Å². The van der Waals surface area contributed by atoms with Gasteiger partial charge in [-0.1, -0.05) is 0 Å². The largest absolute Gasteiger partial charge is 0.394 e. The van der Waals surface area contributed by atoms with Crippen molar-refractivity contribution in [2.24, 2.45) is 0 Å². The molecule has 0 aromatic rings. The van der Waals surface area contributed by atoms with Crippen molar-refractivity contribution in [3.8, 4) is 0 Å². The highest BCUT2D eigenvalue weighted by atomic mass is 16.8. The maximum atomic E-state index is 12.2. The van der Waals surface area contributed by atoms with Crippen LogP contribution in [-0.4, -0.2) is 432 Å². The fourth-order valence-corrected chi connectivity index (χ4v) is 13.1. The molecule has 566 valence electrons. The Hall–Kier alpha value is -1.64. The summed E-state index contributed by atoms with van der Waals surface area (Å²) in [6.45, 7) is 1.24. The van der Waals surface area contributed by atoms with Crippen molar-refractivity contribution in [1.82, 2.24) is 0 Å². The van der Waals surface area contributed by atoms with E-state index < -0.39 is 303 Å². The highest BCUT2D eigenvalue weighted by molar-refractivity contribution is 5.02. The smallest absolute Gasteiger partial charge is 0.189 e. The van der Waals surface area contributed by atoms with Gasteiger partial charge in [0.2, 0.25) is 0 Å². The second-order valence-corrected chi connectivity index (χ2v) is 25.3. The molecule has 9 aliphatic heterocycles. The zero-order chi connectivity index (χ0) is 71.1. The van der Waals surface area contributed by atoms with Crippen LogP contribution in [0.5, 0.6) is 0 Å². The summed E-state index contributed by atoms with van der Waals surface area (Å²) in [6.07, 6.45) is -79.5. The van der Waals surface area contributed by atoms with Crippen LogP contribution in [0.1, 0.15) is 27.7 Å². The molecule has 9 rings (SSSR count). The highest BCUT2D eigenvalue weighted by Crippen LogP contribution is 2.41. The molecular formula is C56H96O41. The molecule has 9 aliphatic rings. The molecule has 0 aliphatic carbocycles. The topological polar surface area (TPSA) is 609 Å². The van der Waals surface area contributed by atoms with Crippen LogP contribution in [0, 0.1) is 0 Å². The standard InChI is InChI=1S/C56H96O41/c1-13-22(61)40(35(74)51(81-13)91-43-29(68)21(12-78-5)89-54(38(43)77)97-50-33(72)30(69)25(64)17(8-57)86-50)90-52-36(75)41(27(66)19(10-59)87-52)92-53-37(76)42(28(67)20(11-60)88-53)93-56-47(96-49-32(71)26(65)18(9-58)85-49)45(24(63)15(3)83-56)94-55-46(44(80-7)23(62)14(2)82-55)95-48-34(73)31(70)39(79-6)16(4)84-48/h13-77H,8-12H2,1-7H3/t13-,14-,15-,16-,17+,18+,19+,20+,21+,22-,23-,24-,25+,26+,27+,28+,29+,30-,31-,32-,33+,34+,35+,36+,37+,38+,39-,40+,41-,42-,43-,44+,45+,46+,47+,48-,49+,50+,51-,52-,53-,54+,55-,56-/m0/s1. The van der Waals surface area contributed by atoms with Gasteiger partial charge < -0.3 is 202 Å². The summed E-state index contributed by atoms with van der Waals surface area (Å²) in [5.74, 6) is 0. The lowest BCUT2D eigenvalue weighted by Gasteiger charge is -2.51. The van der Waals surface area contributed by atoms with E-state index in [2.05, 4.69) is 0 Å². The van der Waals surface area contributed by atoms with E-state index in [-0.39, 0.29) is 0 Å². The molecule has 0 aromatic heterocycles. The minimum Gasteiger partial charge on any atom is -0.394 e. The van der Waals surface area contributed by atoms with Crippen molar-refractivity contribution in [2.75, 3.05) is 54.4 Å². The average Bonchev–Trinajstić information content (AvgIpc) is 1.09. The molecule has 97 heavy (non-hydrogen) atoms. The Morgan fingerprint density at radius 1 is 0.216 bits per heavy atom. The molecule has 0 saturated carbocycles. The van der Waals surface area contributed by atoms with Crippen molar-refractivity contribution in [3.05, 3.63) is 0 Å². The predicted molar refractivity (Wildman–Crippen MR) is 300 cm³/mol. The Balaban J connectivity index is 0.946. The fourth-order valence-electron chi connectivity index (χ4n) is 13.1. The monoisotopic (exact) mass is 1420 g/mol. The number of hydrogen-bond acceptors (Lipinski definition) is 41. The maximum absolute atomic E-state index is 12.2. The van der Waals surface area contributed by atoms with Crippen LogP contribution >= 0.6 is 0 Å². The van der Waals surface area contributed by atoms with E-state index in [0.717, 1.165) is 0 Å². The summed E-state index contributed by atoms with van der Waals surface area (Å²) in [7, 11) is 3.70. The van der Waals surface area contributed by atoms with Gasteiger partial charge in [-0.25, -0.2) is 0 Å². The van der Waals surface area contributed by atoms with Crippen molar-refractivity contribution < 1.29 is 202 Å². The average molecular weight is 1430 g/mol. The molecule has 9 saturated heterocycles. The van der Waals surface area contributed by atoms with E-state index in [1.54, 1.807) is 0 Å². The van der Waals surface area contributed by atoms with Crippen LogP contribution in [0.2, 0.25) is 0 Å². The minimum atomic E-state index is -2.33. The van der Waals surface area contributed by atoms with Crippen molar-refractivity contribution in [2.45, 2.75) is 298 Å². The Morgan fingerprint density at radius 2 is 0.485 bits per heavy atom. The predicted octanol–water partition coefficient (Wildman–Crippen LogP) is -13.9. The number of aliphatic hydroxyl groups is 21. The van der Waals surface area contributed by atoms with Gasteiger partial charge in [-0.15, -0.1) is 0 Å². The second-order valence-electron chi connectivity index (χ2n) is 25.3. The first kappa shape index (κ1) is 79.5. The van der Waals surface area contributed by atoms with Crippen LogP contribution in [0.15, 0.2) is 0 Å². The van der Waals surface area contributed by atoms with Gasteiger partial charge >= 0.3 is 0 Å². The fraction of sp³-hybridized carbons (Fsp3) is 1.00. The van der Waals surface area contributed by atoms with E-state index in [0.29, 0.717) is 0 Å². The third-order valence-electron chi connectivity index (χ3n) is 18.9. The van der Waals surface area contributed by atoms with Gasteiger partial charge in [0.25, 0.3) is 0 Å². The summed E-state index contributed by atoms with van der Waals surface area (Å²) in [5, 5.41) is 234. The van der Waals surface area contributed by atoms with E-state index in [1.165, 1.54) is 49.0 Å². The third-order valence-corrected chi connectivity index (χ3v) is 18.9. The molecule has 0 spiro atoms. The molecule has 44 atom stereocenters. The first-order chi connectivity index (χ1) is 46.0. The van der Waals surface area contributed by atoms with Crippen molar-refractivity contribution in [1.29, 1.82) is 0 Å². The van der Waals surface area contributed by atoms with Gasteiger partial charge in [-0.2, -0.15) is 0 Å². The molecule has 41 nitrogen and oxygen atoms in total. The molecule has 0 bridgehead atoms. The van der Waals surface area contributed by atoms with Crippen LogP contribution in [0.3, 0.4) is 0 Å². The molecule has 9 heterocycles. The Bertz CT molecular complexity index is 2380. The summed E-state index contributed by atoms with van der Waals surface area (Å²) in [4.78, 5) is 0.